The molecule has 0 unspecified atom stereocenters. The molecule has 0 saturated heterocycles. The third kappa shape index (κ3) is 1.95. The Kier molecular flexibility index (Phi) is 3.29. The smallest absolute Gasteiger partial charge is 0.267 e. The Bertz CT molecular complexity index is 331. The fraction of sp³-hybridized carbons (Fsp3) is 0.375. The molecular weight excluding hydrogens is 197 g/mol. The van der Waals surface area contributed by atoms with E-state index >= 15 is 0 Å². The predicted molar refractivity (Wildman–Crippen MR) is 43.6 cm³/mol. The van der Waals surface area contributed by atoms with Crippen LogP contribution in [-0.4, -0.2) is 12.1 Å². The Balaban J connectivity index is 3.28. The summed E-state index contributed by atoms with van der Waals surface area (Å²) in [5, 5.41) is 0. The SMILES string of the molecule is COc1c(C(F)F)cc(CN)nc1F. The van der Waals surface area contributed by atoms with Crippen LogP contribution >= 0.6 is 0 Å². The summed E-state index contributed by atoms with van der Waals surface area (Å²) in [6.45, 7) is -0.0966. The van der Waals surface area contributed by atoms with Crippen molar-refractivity contribution in [3.8, 4) is 5.75 Å². The number of methoxy groups -OCH3 is 1. The molecule has 0 radical (unpaired) electrons. The van der Waals surface area contributed by atoms with E-state index in [9.17, 15) is 13.2 Å². The van der Waals surface area contributed by atoms with E-state index in [4.69, 9.17) is 5.73 Å². The molecule has 6 heteroatoms. The minimum Gasteiger partial charge on any atom is -0.492 e. The van der Waals surface area contributed by atoms with Crippen LogP contribution in [0.2, 0.25) is 0 Å². The molecule has 0 atom stereocenters. The molecule has 0 aromatic carbocycles. The highest BCUT2D eigenvalue weighted by Gasteiger charge is 2.19. The van der Waals surface area contributed by atoms with Crippen LogP contribution in [0.4, 0.5) is 13.2 Å². The number of rotatable bonds is 3. The van der Waals surface area contributed by atoms with Crippen LogP contribution in [-0.2, 0) is 6.54 Å². The molecule has 14 heavy (non-hydrogen) atoms. The number of alkyl halides is 2. The number of pyridine rings is 1. The third-order valence-corrected chi connectivity index (χ3v) is 1.66. The first-order valence-corrected chi connectivity index (χ1v) is 3.81. The van der Waals surface area contributed by atoms with E-state index in [-0.39, 0.29) is 12.2 Å². The summed E-state index contributed by atoms with van der Waals surface area (Å²) < 4.78 is 42.3. The number of halogens is 3. The molecular formula is C8H9F3N2O. The van der Waals surface area contributed by atoms with E-state index in [0.717, 1.165) is 13.2 Å². The normalized spacial score (nSPS) is 10.7. The third-order valence-electron chi connectivity index (χ3n) is 1.66. The molecule has 1 aromatic rings. The maximum Gasteiger partial charge on any atom is 0.267 e. The Morgan fingerprint density at radius 2 is 2.21 bits per heavy atom. The first-order chi connectivity index (χ1) is 6.60. The van der Waals surface area contributed by atoms with E-state index in [1.165, 1.54) is 0 Å². The number of ether oxygens (including phenoxy) is 1. The van der Waals surface area contributed by atoms with E-state index < -0.39 is 23.7 Å². The van der Waals surface area contributed by atoms with Crippen LogP contribution in [0.3, 0.4) is 0 Å². The van der Waals surface area contributed by atoms with E-state index in [0.29, 0.717) is 0 Å². The molecule has 0 amide bonds. The number of nitrogens with zero attached hydrogens (tertiary/aromatic N) is 1. The average Bonchev–Trinajstić information content (AvgIpc) is 2.16. The van der Waals surface area contributed by atoms with Gasteiger partial charge in [0, 0.05) is 6.54 Å². The van der Waals surface area contributed by atoms with Crippen LogP contribution < -0.4 is 10.5 Å². The van der Waals surface area contributed by atoms with Crippen molar-refractivity contribution in [2.75, 3.05) is 7.11 Å². The highest BCUT2D eigenvalue weighted by Crippen LogP contribution is 2.30. The van der Waals surface area contributed by atoms with Crippen molar-refractivity contribution in [1.29, 1.82) is 0 Å². The van der Waals surface area contributed by atoms with Gasteiger partial charge in [0.25, 0.3) is 12.4 Å². The molecule has 1 heterocycles. The fourth-order valence-electron chi connectivity index (χ4n) is 1.04. The Morgan fingerprint density at radius 3 is 2.64 bits per heavy atom. The molecule has 0 aliphatic rings. The quantitative estimate of drug-likeness (QED) is 0.764. The molecule has 2 N–H and O–H groups in total. The van der Waals surface area contributed by atoms with E-state index in [1.807, 2.05) is 0 Å². The Hall–Kier alpha value is -1.30. The van der Waals surface area contributed by atoms with Crippen LogP contribution in [0.25, 0.3) is 0 Å². The van der Waals surface area contributed by atoms with Gasteiger partial charge in [0.15, 0.2) is 5.75 Å². The lowest BCUT2D eigenvalue weighted by Crippen LogP contribution is -2.06. The minimum atomic E-state index is -2.81. The van der Waals surface area contributed by atoms with Crippen molar-refractivity contribution in [3.05, 3.63) is 23.3 Å². The second-order valence-corrected chi connectivity index (χ2v) is 2.53. The molecule has 0 aliphatic carbocycles. The van der Waals surface area contributed by atoms with Crippen molar-refractivity contribution in [2.45, 2.75) is 13.0 Å². The van der Waals surface area contributed by atoms with Crippen LogP contribution in [0.1, 0.15) is 17.7 Å². The van der Waals surface area contributed by atoms with Gasteiger partial charge in [-0.15, -0.1) is 0 Å². The van der Waals surface area contributed by atoms with Crippen molar-refractivity contribution in [3.63, 3.8) is 0 Å². The maximum atomic E-state index is 13.0. The Morgan fingerprint density at radius 1 is 1.57 bits per heavy atom. The molecule has 3 nitrogen and oxygen atoms in total. The van der Waals surface area contributed by atoms with Gasteiger partial charge in [-0.3, -0.25) is 0 Å². The fourth-order valence-corrected chi connectivity index (χ4v) is 1.04. The highest BCUT2D eigenvalue weighted by molar-refractivity contribution is 5.34. The maximum absolute atomic E-state index is 13.0. The molecule has 0 bridgehead atoms. The molecule has 0 aliphatic heterocycles. The van der Waals surface area contributed by atoms with Crippen LogP contribution in [0.5, 0.6) is 5.75 Å². The van der Waals surface area contributed by atoms with E-state index in [1.54, 1.807) is 0 Å². The largest absolute Gasteiger partial charge is 0.492 e. The first kappa shape index (κ1) is 10.8. The predicted octanol–water partition coefficient (Wildman–Crippen LogP) is 1.63. The highest BCUT2D eigenvalue weighted by atomic mass is 19.3. The average molecular weight is 206 g/mol. The molecule has 1 aromatic heterocycles. The lowest BCUT2D eigenvalue weighted by molar-refractivity contribution is 0.145. The van der Waals surface area contributed by atoms with Gasteiger partial charge in [0.2, 0.25) is 0 Å². The summed E-state index contributed by atoms with van der Waals surface area (Å²) in [6.07, 6.45) is -2.81. The van der Waals surface area contributed by atoms with Crippen molar-refractivity contribution in [1.82, 2.24) is 4.98 Å². The topological polar surface area (TPSA) is 48.1 Å². The second-order valence-electron chi connectivity index (χ2n) is 2.53. The van der Waals surface area contributed by atoms with Gasteiger partial charge in [0.05, 0.1) is 18.4 Å². The summed E-state index contributed by atoms with van der Waals surface area (Å²) in [6, 6.07) is 1.03. The van der Waals surface area contributed by atoms with Gasteiger partial charge in [-0.2, -0.15) is 4.39 Å². The lowest BCUT2D eigenvalue weighted by Gasteiger charge is -2.09. The van der Waals surface area contributed by atoms with Gasteiger partial charge >= 0.3 is 0 Å². The zero-order valence-corrected chi connectivity index (χ0v) is 7.43. The van der Waals surface area contributed by atoms with Gasteiger partial charge in [-0.25, -0.2) is 13.8 Å². The molecule has 0 saturated carbocycles. The summed E-state index contributed by atoms with van der Waals surface area (Å²) in [4.78, 5) is 3.36. The summed E-state index contributed by atoms with van der Waals surface area (Å²) in [5.74, 6) is -1.59. The first-order valence-electron chi connectivity index (χ1n) is 3.81. The lowest BCUT2D eigenvalue weighted by atomic mass is 10.2. The van der Waals surface area contributed by atoms with Gasteiger partial charge in [0.1, 0.15) is 0 Å². The second kappa shape index (κ2) is 4.28. The standard InChI is InChI=1S/C8H9F3N2O/c1-14-6-5(7(9)10)2-4(3-12)13-8(6)11/h2,7H,3,12H2,1H3. The zero-order valence-electron chi connectivity index (χ0n) is 7.43. The monoisotopic (exact) mass is 206 g/mol. The molecule has 1 rings (SSSR count). The van der Waals surface area contributed by atoms with Gasteiger partial charge in [-0.1, -0.05) is 0 Å². The number of hydrogen-bond donors (Lipinski definition) is 1. The van der Waals surface area contributed by atoms with Crippen LogP contribution in [0, 0.1) is 5.95 Å². The molecule has 78 valence electrons. The van der Waals surface area contributed by atoms with Gasteiger partial charge < -0.3 is 10.5 Å². The van der Waals surface area contributed by atoms with Crippen molar-refractivity contribution < 1.29 is 17.9 Å². The summed E-state index contributed by atoms with van der Waals surface area (Å²) in [5.41, 5.74) is 4.71. The summed E-state index contributed by atoms with van der Waals surface area (Å²) >= 11 is 0. The molecule has 0 spiro atoms. The minimum absolute atomic E-state index is 0.0681. The van der Waals surface area contributed by atoms with Crippen molar-refractivity contribution in [2.24, 2.45) is 5.73 Å². The molecule has 0 fully saturated rings. The van der Waals surface area contributed by atoms with Crippen molar-refractivity contribution >= 4 is 0 Å². The Labute approximate surface area is 78.7 Å². The zero-order chi connectivity index (χ0) is 10.7. The van der Waals surface area contributed by atoms with Crippen LogP contribution in [0.15, 0.2) is 6.07 Å². The number of nitrogens with two attached hydrogens (primary N) is 1. The van der Waals surface area contributed by atoms with E-state index in [2.05, 4.69) is 9.72 Å². The van der Waals surface area contributed by atoms with Gasteiger partial charge in [-0.05, 0) is 6.07 Å². The summed E-state index contributed by atoms with van der Waals surface area (Å²) in [7, 11) is 1.11. The number of hydrogen-bond acceptors (Lipinski definition) is 3. The number of aromatic nitrogens is 1.